The normalized spacial score (nSPS) is 10.3. The van der Waals surface area contributed by atoms with Crippen molar-refractivity contribution in [1.29, 1.82) is 0 Å². The Morgan fingerprint density at radius 2 is 1.88 bits per heavy atom. The lowest BCUT2D eigenvalue weighted by molar-refractivity contribution is -0.121. The van der Waals surface area contributed by atoms with Crippen LogP contribution in [0.4, 0.5) is 10.1 Å². The van der Waals surface area contributed by atoms with Gasteiger partial charge in [0.05, 0.1) is 0 Å². The standard InChI is InChI=1S/C18H18ClFN2O2/c1-13(23)22(17-4-2-3-16(20)11-17)10-9-18(24)21-12-14-5-7-15(19)8-6-14/h2-8,11H,9-10,12H2,1H3,(H,21,24). The molecule has 0 aliphatic heterocycles. The number of nitrogens with one attached hydrogen (secondary N) is 1. The van der Waals surface area contributed by atoms with E-state index in [1.807, 2.05) is 12.1 Å². The third kappa shape index (κ3) is 5.35. The molecule has 0 spiro atoms. The van der Waals surface area contributed by atoms with E-state index in [1.54, 1.807) is 18.2 Å². The van der Waals surface area contributed by atoms with Crippen LogP contribution in [0.5, 0.6) is 0 Å². The Morgan fingerprint density at radius 1 is 1.17 bits per heavy atom. The molecule has 1 N–H and O–H groups in total. The lowest BCUT2D eigenvalue weighted by Gasteiger charge is -2.21. The molecule has 2 rings (SSSR count). The lowest BCUT2D eigenvalue weighted by atomic mass is 10.2. The second-order valence-corrected chi connectivity index (χ2v) is 5.74. The zero-order valence-corrected chi connectivity index (χ0v) is 14.0. The van der Waals surface area contributed by atoms with Crippen LogP contribution in [0.2, 0.25) is 5.02 Å². The van der Waals surface area contributed by atoms with Crippen LogP contribution in [0.15, 0.2) is 48.5 Å². The van der Waals surface area contributed by atoms with E-state index in [1.165, 1.54) is 30.0 Å². The third-order valence-electron chi connectivity index (χ3n) is 3.47. The van der Waals surface area contributed by atoms with E-state index in [2.05, 4.69) is 5.32 Å². The summed E-state index contributed by atoms with van der Waals surface area (Å²) in [7, 11) is 0. The summed E-state index contributed by atoms with van der Waals surface area (Å²) < 4.78 is 13.3. The van der Waals surface area contributed by atoms with Gasteiger partial charge in [-0.25, -0.2) is 4.39 Å². The first-order valence-electron chi connectivity index (χ1n) is 7.50. The molecule has 0 heterocycles. The van der Waals surface area contributed by atoms with E-state index in [0.29, 0.717) is 17.3 Å². The van der Waals surface area contributed by atoms with Crippen LogP contribution >= 0.6 is 11.6 Å². The molecule has 0 radical (unpaired) electrons. The van der Waals surface area contributed by atoms with Crippen LogP contribution in [-0.4, -0.2) is 18.4 Å². The van der Waals surface area contributed by atoms with E-state index >= 15 is 0 Å². The highest BCUT2D eigenvalue weighted by Crippen LogP contribution is 2.16. The summed E-state index contributed by atoms with van der Waals surface area (Å²) in [5, 5.41) is 3.42. The summed E-state index contributed by atoms with van der Waals surface area (Å²) in [6.45, 7) is 1.96. The van der Waals surface area contributed by atoms with Gasteiger partial charge in [0.25, 0.3) is 0 Å². The molecule has 24 heavy (non-hydrogen) atoms. The van der Waals surface area contributed by atoms with Crippen molar-refractivity contribution in [3.63, 3.8) is 0 Å². The van der Waals surface area contributed by atoms with Crippen molar-refractivity contribution in [2.75, 3.05) is 11.4 Å². The maximum Gasteiger partial charge on any atom is 0.223 e. The minimum absolute atomic E-state index is 0.129. The molecule has 6 heteroatoms. The fourth-order valence-electron chi connectivity index (χ4n) is 2.22. The number of amides is 2. The topological polar surface area (TPSA) is 49.4 Å². The van der Waals surface area contributed by atoms with Gasteiger partial charge in [0.15, 0.2) is 0 Å². The smallest absolute Gasteiger partial charge is 0.223 e. The van der Waals surface area contributed by atoms with Gasteiger partial charge < -0.3 is 10.2 Å². The number of benzene rings is 2. The molecule has 2 aromatic carbocycles. The first kappa shape index (κ1) is 17.9. The zero-order valence-electron chi connectivity index (χ0n) is 13.3. The Bertz CT molecular complexity index is 719. The fraction of sp³-hybridized carbons (Fsp3) is 0.222. The van der Waals surface area contributed by atoms with Crippen LogP contribution in [0.3, 0.4) is 0 Å². The lowest BCUT2D eigenvalue weighted by Crippen LogP contribution is -2.33. The number of anilines is 1. The van der Waals surface area contributed by atoms with Crippen LogP contribution in [-0.2, 0) is 16.1 Å². The van der Waals surface area contributed by atoms with E-state index < -0.39 is 5.82 Å². The van der Waals surface area contributed by atoms with Crippen molar-refractivity contribution in [3.8, 4) is 0 Å². The Labute approximate surface area is 145 Å². The van der Waals surface area contributed by atoms with Crippen molar-refractivity contribution in [3.05, 3.63) is 64.9 Å². The Balaban J connectivity index is 1.88. The van der Waals surface area contributed by atoms with Crippen LogP contribution in [0.25, 0.3) is 0 Å². The largest absolute Gasteiger partial charge is 0.352 e. The first-order valence-corrected chi connectivity index (χ1v) is 7.88. The number of carbonyl (C=O) groups excluding carboxylic acids is 2. The van der Waals surface area contributed by atoms with Gasteiger partial charge in [-0.05, 0) is 35.9 Å². The molecule has 0 aromatic heterocycles. The molecule has 0 bridgehead atoms. The number of rotatable bonds is 6. The van der Waals surface area contributed by atoms with Crippen molar-refractivity contribution >= 4 is 29.1 Å². The van der Waals surface area contributed by atoms with Crippen LogP contribution < -0.4 is 10.2 Å². The van der Waals surface area contributed by atoms with Gasteiger partial charge in [-0.1, -0.05) is 29.8 Å². The molecule has 2 aromatic rings. The Hall–Kier alpha value is -2.40. The Kier molecular flexibility index (Phi) is 6.32. The van der Waals surface area contributed by atoms with Crippen LogP contribution in [0.1, 0.15) is 18.9 Å². The van der Waals surface area contributed by atoms with E-state index in [0.717, 1.165) is 5.56 Å². The van der Waals surface area contributed by atoms with Gasteiger partial charge in [-0.3, -0.25) is 9.59 Å². The van der Waals surface area contributed by atoms with Crippen molar-refractivity contribution in [1.82, 2.24) is 5.32 Å². The third-order valence-corrected chi connectivity index (χ3v) is 3.72. The molecule has 0 aliphatic carbocycles. The summed E-state index contributed by atoms with van der Waals surface area (Å²) in [4.78, 5) is 25.1. The molecule has 0 unspecified atom stereocenters. The summed E-state index contributed by atoms with van der Waals surface area (Å²) >= 11 is 5.81. The molecular weight excluding hydrogens is 331 g/mol. The Morgan fingerprint density at radius 3 is 2.50 bits per heavy atom. The average Bonchev–Trinajstić information content (AvgIpc) is 2.54. The van der Waals surface area contributed by atoms with Gasteiger partial charge in [-0.2, -0.15) is 0 Å². The summed E-state index contributed by atoms with van der Waals surface area (Å²) in [5.41, 5.74) is 1.37. The first-order chi connectivity index (χ1) is 11.5. The van der Waals surface area contributed by atoms with Gasteiger partial charge in [0, 0.05) is 37.1 Å². The second-order valence-electron chi connectivity index (χ2n) is 5.30. The summed E-state index contributed by atoms with van der Waals surface area (Å²) in [5.74, 6) is -0.857. The molecule has 0 saturated heterocycles. The fourth-order valence-corrected chi connectivity index (χ4v) is 2.34. The van der Waals surface area contributed by atoms with E-state index in [-0.39, 0.29) is 24.8 Å². The zero-order chi connectivity index (χ0) is 17.5. The minimum Gasteiger partial charge on any atom is -0.352 e. The average molecular weight is 349 g/mol. The molecule has 0 aliphatic rings. The van der Waals surface area contributed by atoms with Gasteiger partial charge in [0.1, 0.15) is 5.82 Å². The van der Waals surface area contributed by atoms with E-state index in [9.17, 15) is 14.0 Å². The highest BCUT2D eigenvalue weighted by Gasteiger charge is 2.14. The molecule has 2 amide bonds. The van der Waals surface area contributed by atoms with E-state index in [4.69, 9.17) is 11.6 Å². The highest BCUT2D eigenvalue weighted by molar-refractivity contribution is 6.30. The monoisotopic (exact) mass is 348 g/mol. The van der Waals surface area contributed by atoms with Crippen molar-refractivity contribution in [2.24, 2.45) is 0 Å². The quantitative estimate of drug-likeness (QED) is 0.868. The highest BCUT2D eigenvalue weighted by atomic mass is 35.5. The van der Waals surface area contributed by atoms with Gasteiger partial charge in [0.2, 0.25) is 11.8 Å². The number of halogens is 2. The molecule has 0 atom stereocenters. The maximum atomic E-state index is 13.3. The molecule has 0 fully saturated rings. The molecule has 4 nitrogen and oxygen atoms in total. The van der Waals surface area contributed by atoms with Gasteiger partial charge in [-0.15, -0.1) is 0 Å². The summed E-state index contributed by atoms with van der Waals surface area (Å²) in [6.07, 6.45) is 0.129. The number of hydrogen-bond donors (Lipinski definition) is 1. The minimum atomic E-state index is -0.425. The molecule has 126 valence electrons. The number of hydrogen-bond acceptors (Lipinski definition) is 2. The SMILES string of the molecule is CC(=O)N(CCC(=O)NCc1ccc(Cl)cc1)c1cccc(F)c1. The second kappa shape index (κ2) is 8.45. The number of nitrogens with zero attached hydrogens (tertiary/aromatic N) is 1. The summed E-state index contributed by atoms with van der Waals surface area (Å²) in [6, 6.07) is 12.9. The predicted octanol–water partition coefficient (Wildman–Crippen LogP) is 3.54. The van der Waals surface area contributed by atoms with Crippen LogP contribution in [0, 0.1) is 5.82 Å². The van der Waals surface area contributed by atoms with Crippen molar-refractivity contribution < 1.29 is 14.0 Å². The van der Waals surface area contributed by atoms with Gasteiger partial charge >= 0.3 is 0 Å². The molecular formula is C18H18ClFN2O2. The van der Waals surface area contributed by atoms with Crippen molar-refractivity contribution in [2.45, 2.75) is 19.9 Å². The maximum absolute atomic E-state index is 13.3. The number of carbonyl (C=O) groups is 2. The molecule has 0 saturated carbocycles. The predicted molar refractivity (Wildman–Crippen MR) is 92.3 cm³/mol.